The minimum atomic E-state index is -0.0791. The molecule has 0 aliphatic carbocycles. The first-order valence-corrected chi connectivity index (χ1v) is 6.91. The van der Waals surface area contributed by atoms with Crippen LogP contribution >= 0.6 is 24.0 Å². The van der Waals surface area contributed by atoms with Crippen molar-refractivity contribution in [3.05, 3.63) is 28.7 Å². The zero-order chi connectivity index (χ0) is 14.0. The Morgan fingerprint density at radius 2 is 2.26 bits per heavy atom. The molecule has 1 N–H and O–H groups in total. The molecule has 2 rings (SSSR count). The summed E-state index contributed by atoms with van der Waals surface area (Å²) in [6.45, 7) is 2.46. The van der Waals surface area contributed by atoms with Crippen molar-refractivity contribution >= 4 is 40.3 Å². The van der Waals surface area contributed by atoms with Gasteiger partial charge in [0.05, 0.1) is 12.0 Å². The first-order valence-electron chi connectivity index (χ1n) is 5.69. The van der Waals surface area contributed by atoms with Crippen LogP contribution in [0.1, 0.15) is 12.5 Å². The second-order valence-electron chi connectivity index (χ2n) is 3.86. The lowest BCUT2D eigenvalue weighted by Gasteiger charge is -2.09. The molecule has 1 aliphatic heterocycles. The molecule has 1 saturated heterocycles. The number of ether oxygens (including phenoxy) is 1. The lowest BCUT2D eigenvalue weighted by atomic mass is 10.2. The van der Waals surface area contributed by atoms with Gasteiger partial charge in [-0.15, -0.1) is 0 Å². The molecule has 1 fully saturated rings. The van der Waals surface area contributed by atoms with Gasteiger partial charge in [-0.2, -0.15) is 0 Å². The second kappa shape index (κ2) is 5.63. The number of phenolic OH excluding ortho intramolecular Hbond substituents is 1. The van der Waals surface area contributed by atoms with Crippen LogP contribution < -0.4 is 4.74 Å². The lowest BCUT2D eigenvalue weighted by Crippen LogP contribution is -2.27. The van der Waals surface area contributed by atoms with E-state index in [0.717, 1.165) is 5.56 Å². The molecular formula is C13H13NO3S2. The first kappa shape index (κ1) is 13.9. The van der Waals surface area contributed by atoms with Gasteiger partial charge in [0.25, 0.3) is 5.91 Å². The number of thiocarbonyl (C=S) groups is 1. The van der Waals surface area contributed by atoms with Gasteiger partial charge < -0.3 is 9.84 Å². The number of aromatic hydroxyl groups is 1. The van der Waals surface area contributed by atoms with Gasteiger partial charge in [0.1, 0.15) is 4.32 Å². The molecule has 4 nitrogen and oxygen atoms in total. The summed E-state index contributed by atoms with van der Waals surface area (Å²) in [4.78, 5) is 14.2. The van der Waals surface area contributed by atoms with Crippen LogP contribution in [0.5, 0.6) is 11.5 Å². The number of amides is 1. The Kier molecular flexibility index (Phi) is 4.11. The quantitative estimate of drug-likeness (QED) is 0.686. The van der Waals surface area contributed by atoms with Gasteiger partial charge in [-0.1, -0.05) is 30.0 Å². The van der Waals surface area contributed by atoms with E-state index in [2.05, 4.69) is 0 Å². The topological polar surface area (TPSA) is 49.8 Å². The largest absolute Gasteiger partial charge is 0.504 e. The van der Waals surface area contributed by atoms with E-state index < -0.39 is 0 Å². The summed E-state index contributed by atoms with van der Waals surface area (Å²) in [6, 6.07) is 4.93. The van der Waals surface area contributed by atoms with Crippen LogP contribution in [0, 0.1) is 0 Å². The summed E-state index contributed by atoms with van der Waals surface area (Å²) in [5, 5.41) is 9.52. The average Bonchev–Trinajstić information content (AvgIpc) is 2.66. The number of hydrogen-bond donors (Lipinski definition) is 1. The Hall–Kier alpha value is -1.53. The van der Waals surface area contributed by atoms with E-state index in [1.54, 1.807) is 23.1 Å². The summed E-state index contributed by atoms with van der Waals surface area (Å²) in [5.41, 5.74) is 0.784. The van der Waals surface area contributed by atoms with Crippen LogP contribution in [0.15, 0.2) is 23.1 Å². The van der Waals surface area contributed by atoms with Gasteiger partial charge in [0, 0.05) is 6.54 Å². The molecule has 0 unspecified atom stereocenters. The number of hydrogen-bond acceptors (Lipinski definition) is 5. The Morgan fingerprint density at radius 3 is 2.84 bits per heavy atom. The third-order valence-electron chi connectivity index (χ3n) is 2.69. The normalized spacial score (nSPS) is 17.4. The molecule has 6 heteroatoms. The number of rotatable bonds is 3. The van der Waals surface area contributed by atoms with Crippen molar-refractivity contribution in [2.24, 2.45) is 0 Å². The van der Waals surface area contributed by atoms with Gasteiger partial charge in [0.15, 0.2) is 11.5 Å². The molecule has 1 heterocycles. The molecule has 0 saturated carbocycles. The summed E-state index contributed by atoms with van der Waals surface area (Å²) < 4.78 is 5.61. The number of methoxy groups -OCH3 is 1. The Balaban J connectivity index is 2.32. The van der Waals surface area contributed by atoms with Crippen LogP contribution in [-0.2, 0) is 4.79 Å². The fourth-order valence-electron chi connectivity index (χ4n) is 1.71. The van der Waals surface area contributed by atoms with Crippen LogP contribution in [-0.4, -0.2) is 33.9 Å². The van der Waals surface area contributed by atoms with Crippen LogP contribution in [0.3, 0.4) is 0 Å². The number of phenols is 1. The minimum absolute atomic E-state index is 0.0701. The SMILES string of the molecule is CCN1C(=O)/C(=C/c2ccc(O)c(OC)c2)SC1=S. The first-order chi connectivity index (χ1) is 9.06. The molecule has 19 heavy (non-hydrogen) atoms. The zero-order valence-electron chi connectivity index (χ0n) is 10.5. The van der Waals surface area contributed by atoms with E-state index in [-0.39, 0.29) is 11.7 Å². The lowest BCUT2D eigenvalue weighted by molar-refractivity contribution is -0.121. The van der Waals surface area contributed by atoms with Crippen molar-refractivity contribution in [3.63, 3.8) is 0 Å². The second-order valence-corrected chi connectivity index (χ2v) is 5.53. The van der Waals surface area contributed by atoms with Gasteiger partial charge in [-0.25, -0.2) is 0 Å². The standard InChI is InChI=1S/C13H13NO3S2/c1-3-14-12(16)11(19-13(14)18)7-8-4-5-9(15)10(6-8)17-2/h4-7,15H,3H2,1-2H3/b11-7-. The van der Waals surface area contributed by atoms with Gasteiger partial charge >= 0.3 is 0 Å². The monoisotopic (exact) mass is 295 g/mol. The fraction of sp³-hybridized carbons (Fsp3) is 0.231. The number of carbonyl (C=O) groups excluding carboxylic acids is 1. The Labute approximate surface area is 121 Å². The van der Waals surface area contributed by atoms with Crippen LogP contribution in [0.25, 0.3) is 6.08 Å². The Bertz CT molecular complexity index is 569. The maximum absolute atomic E-state index is 12.0. The number of nitrogens with zero attached hydrogens (tertiary/aromatic N) is 1. The van der Waals surface area contributed by atoms with Crippen molar-refractivity contribution in [2.75, 3.05) is 13.7 Å². The third-order valence-corrected chi connectivity index (χ3v) is 4.07. The van der Waals surface area contributed by atoms with E-state index in [0.29, 0.717) is 21.5 Å². The Morgan fingerprint density at radius 1 is 1.53 bits per heavy atom. The number of likely N-dealkylation sites (N-methyl/N-ethyl adjacent to an activating group) is 1. The molecule has 1 aliphatic rings. The molecule has 100 valence electrons. The molecule has 0 aromatic heterocycles. The maximum Gasteiger partial charge on any atom is 0.266 e. The highest BCUT2D eigenvalue weighted by Crippen LogP contribution is 2.34. The summed E-state index contributed by atoms with van der Waals surface area (Å²) >= 11 is 6.43. The molecule has 0 atom stereocenters. The van der Waals surface area contributed by atoms with Crippen molar-refractivity contribution in [1.82, 2.24) is 4.90 Å². The van der Waals surface area contributed by atoms with E-state index in [4.69, 9.17) is 17.0 Å². The highest BCUT2D eigenvalue weighted by atomic mass is 32.2. The summed E-state index contributed by atoms with van der Waals surface area (Å²) in [5.74, 6) is 0.366. The molecule has 1 aromatic carbocycles. The molecule has 1 amide bonds. The zero-order valence-corrected chi connectivity index (χ0v) is 12.2. The van der Waals surface area contributed by atoms with Crippen molar-refractivity contribution in [2.45, 2.75) is 6.92 Å². The third kappa shape index (κ3) is 2.74. The highest BCUT2D eigenvalue weighted by molar-refractivity contribution is 8.26. The maximum atomic E-state index is 12.0. The smallest absolute Gasteiger partial charge is 0.266 e. The van der Waals surface area contributed by atoms with Crippen LogP contribution in [0.4, 0.5) is 0 Å². The van der Waals surface area contributed by atoms with Crippen molar-refractivity contribution in [3.8, 4) is 11.5 Å². The van der Waals surface area contributed by atoms with Crippen molar-refractivity contribution < 1.29 is 14.6 Å². The van der Waals surface area contributed by atoms with Gasteiger partial charge in [-0.05, 0) is 30.7 Å². The molecule has 0 bridgehead atoms. The fourth-order valence-corrected chi connectivity index (χ4v) is 3.09. The molecule has 0 spiro atoms. The van der Waals surface area contributed by atoms with E-state index in [1.165, 1.54) is 24.9 Å². The van der Waals surface area contributed by atoms with E-state index >= 15 is 0 Å². The van der Waals surface area contributed by atoms with Crippen LogP contribution in [0.2, 0.25) is 0 Å². The number of thioether (sulfide) groups is 1. The van der Waals surface area contributed by atoms with E-state index in [9.17, 15) is 9.90 Å². The van der Waals surface area contributed by atoms with Crippen molar-refractivity contribution in [1.29, 1.82) is 0 Å². The minimum Gasteiger partial charge on any atom is -0.504 e. The molecule has 0 radical (unpaired) electrons. The van der Waals surface area contributed by atoms with Gasteiger partial charge in [-0.3, -0.25) is 9.69 Å². The highest BCUT2D eigenvalue weighted by Gasteiger charge is 2.30. The number of benzene rings is 1. The van der Waals surface area contributed by atoms with Gasteiger partial charge in [0.2, 0.25) is 0 Å². The predicted molar refractivity (Wildman–Crippen MR) is 80.2 cm³/mol. The summed E-state index contributed by atoms with van der Waals surface area (Å²) in [7, 11) is 1.48. The number of carbonyl (C=O) groups is 1. The molecular weight excluding hydrogens is 282 g/mol. The summed E-state index contributed by atoms with van der Waals surface area (Å²) in [6.07, 6.45) is 1.75. The predicted octanol–water partition coefficient (Wildman–Crippen LogP) is 2.62. The van der Waals surface area contributed by atoms with E-state index in [1.807, 2.05) is 6.92 Å². The average molecular weight is 295 g/mol. The molecule has 1 aromatic rings.